The standard InChI is InChI=1S/C17H23N3O2S/c1-12(2)8-10-22-14-5-3-13(4-6-14)19-17(21)15-11-23-16(20-15)7-9-18/h3-6,11-12H,7-10,18H2,1-2H3,(H,19,21). The third-order valence-corrected chi connectivity index (χ3v) is 4.13. The molecule has 0 radical (unpaired) electrons. The van der Waals surface area contributed by atoms with Gasteiger partial charge in [0, 0.05) is 17.5 Å². The Morgan fingerprint density at radius 1 is 1.35 bits per heavy atom. The molecule has 0 aliphatic heterocycles. The number of anilines is 1. The van der Waals surface area contributed by atoms with Crippen LogP contribution < -0.4 is 15.8 Å². The molecule has 6 heteroatoms. The summed E-state index contributed by atoms with van der Waals surface area (Å²) in [6, 6.07) is 7.37. The second kappa shape index (κ2) is 8.64. The first kappa shape index (κ1) is 17.4. The monoisotopic (exact) mass is 333 g/mol. The Morgan fingerprint density at radius 2 is 2.09 bits per heavy atom. The van der Waals surface area contributed by atoms with E-state index in [9.17, 15) is 4.79 Å². The molecule has 0 spiro atoms. The Labute approximate surface area is 140 Å². The second-order valence-electron chi connectivity index (χ2n) is 5.67. The Morgan fingerprint density at radius 3 is 2.74 bits per heavy atom. The predicted octanol–water partition coefficient (Wildman–Crippen LogP) is 3.32. The Hall–Kier alpha value is -1.92. The van der Waals surface area contributed by atoms with Crippen molar-refractivity contribution in [1.82, 2.24) is 4.98 Å². The summed E-state index contributed by atoms with van der Waals surface area (Å²) in [5.74, 6) is 1.22. The smallest absolute Gasteiger partial charge is 0.275 e. The fourth-order valence-electron chi connectivity index (χ4n) is 1.90. The van der Waals surface area contributed by atoms with Crippen LogP contribution in [0.25, 0.3) is 0 Å². The van der Waals surface area contributed by atoms with E-state index in [-0.39, 0.29) is 5.91 Å². The lowest BCUT2D eigenvalue weighted by Crippen LogP contribution is -2.12. The molecule has 1 heterocycles. The van der Waals surface area contributed by atoms with Crippen LogP contribution in [0.4, 0.5) is 5.69 Å². The summed E-state index contributed by atoms with van der Waals surface area (Å²) in [6.07, 6.45) is 1.72. The highest BCUT2D eigenvalue weighted by molar-refractivity contribution is 7.09. The molecule has 0 atom stereocenters. The van der Waals surface area contributed by atoms with Crippen molar-refractivity contribution in [3.05, 3.63) is 40.3 Å². The van der Waals surface area contributed by atoms with E-state index in [2.05, 4.69) is 24.1 Å². The number of hydrogen-bond donors (Lipinski definition) is 2. The highest BCUT2D eigenvalue weighted by Crippen LogP contribution is 2.18. The van der Waals surface area contributed by atoms with Gasteiger partial charge in [-0.15, -0.1) is 11.3 Å². The molecule has 1 amide bonds. The molecule has 2 aromatic rings. The summed E-state index contributed by atoms with van der Waals surface area (Å²) in [7, 11) is 0. The Kier molecular flexibility index (Phi) is 6.55. The molecule has 124 valence electrons. The van der Waals surface area contributed by atoms with Crippen molar-refractivity contribution in [3.63, 3.8) is 0 Å². The summed E-state index contributed by atoms with van der Waals surface area (Å²) in [5, 5.41) is 5.47. The normalized spacial score (nSPS) is 10.8. The van der Waals surface area contributed by atoms with Gasteiger partial charge in [0.15, 0.2) is 0 Å². The average Bonchev–Trinajstić information content (AvgIpc) is 2.98. The maximum Gasteiger partial charge on any atom is 0.275 e. The lowest BCUT2D eigenvalue weighted by Gasteiger charge is -2.09. The largest absolute Gasteiger partial charge is 0.494 e. The van der Waals surface area contributed by atoms with Gasteiger partial charge in [-0.1, -0.05) is 13.8 Å². The van der Waals surface area contributed by atoms with Crippen molar-refractivity contribution in [3.8, 4) is 5.75 Å². The first-order valence-corrected chi connectivity index (χ1v) is 8.65. The summed E-state index contributed by atoms with van der Waals surface area (Å²) in [4.78, 5) is 16.4. The molecule has 0 saturated heterocycles. The van der Waals surface area contributed by atoms with Gasteiger partial charge < -0.3 is 15.8 Å². The predicted molar refractivity (Wildman–Crippen MR) is 94.2 cm³/mol. The van der Waals surface area contributed by atoms with Crippen molar-refractivity contribution < 1.29 is 9.53 Å². The molecular formula is C17H23N3O2S. The minimum absolute atomic E-state index is 0.210. The third-order valence-electron chi connectivity index (χ3n) is 3.22. The van der Waals surface area contributed by atoms with Crippen LogP contribution in [0.3, 0.4) is 0 Å². The first-order valence-electron chi connectivity index (χ1n) is 7.77. The molecular weight excluding hydrogens is 310 g/mol. The van der Waals surface area contributed by atoms with Crippen LogP contribution in [-0.4, -0.2) is 24.0 Å². The zero-order valence-electron chi connectivity index (χ0n) is 13.5. The number of nitrogens with zero attached hydrogens (tertiary/aromatic N) is 1. The van der Waals surface area contributed by atoms with Gasteiger partial charge in [0.25, 0.3) is 5.91 Å². The Bertz CT molecular complexity index is 623. The maximum absolute atomic E-state index is 12.1. The number of amides is 1. The molecule has 1 aromatic heterocycles. The molecule has 23 heavy (non-hydrogen) atoms. The molecule has 0 fully saturated rings. The van der Waals surface area contributed by atoms with Gasteiger partial charge in [0.05, 0.1) is 11.6 Å². The van der Waals surface area contributed by atoms with E-state index in [1.165, 1.54) is 11.3 Å². The highest BCUT2D eigenvalue weighted by Gasteiger charge is 2.10. The van der Waals surface area contributed by atoms with Gasteiger partial charge in [-0.05, 0) is 43.1 Å². The number of aromatic nitrogens is 1. The van der Waals surface area contributed by atoms with Crippen molar-refractivity contribution in [2.24, 2.45) is 11.7 Å². The average molecular weight is 333 g/mol. The summed E-state index contributed by atoms with van der Waals surface area (Å²) in [6.45, 7) is 5.57. The quantitative estimate of drug-likeness (QED) is 0.777. The zero-order valence-corrected chi connectivity index (χ0v) is 14.4. The van der Waals surface area contributed by atoms with Crippen LogP contribution in [0.1, 0.15) is 35.8 Å². The minimum Gasteiger partial charge on any atom is -0.494 e. The molecule has 0 saturated carbocycles. The van der Waals surface area contributed by atoms with Gasteiger partial charge >= 0.3 is 0 Å². The van der Waals surface area contributed by atoms with Gasteiger partial charge in [-0.3, -0.25) is 4.79 Å². The van der Waals surface area contributed by atoms with E-state index < -0.39 is 0 Å². The lowest BCUT2D eigenvalue weighted by molar-refractivity contribution is 0.102. The molecule has 0 aliphatic rings. The van der Waals surface area contributed by atoms with Crippen LogP contribution in [0.2, 0.25) is 0 Å². The van der Waals surface area contributed by atoms with Gasteiger partial charge in [0.2, 0.25) is 0 Å². The van der Waals surface area contributed by atoms with Crippen molar-refractivity contribution >= 4 is 22.9 Å². The molecule has 0 aliphatic carbocycles. The van der Waals surface area contributed by atoms with Crippen LogP contribution in [0, 0.1) is 5.92 Å². The number of nitrogens with two attached hydrogens (primary N) is 1. The van der Waals surface area contributed by atoms with E-state index in [1.54, 1.807) is 5.38 Å². The third kappa shape index (κ3) is 5.65. The number of hydrogen-bond acceptors (Lipinski definition) is 5. The lowest BCUT2D eigenvalue weighted by atomic mass is 10.1. The van der Waals surface area contributed by atoms with Crippen LogP contribution in [0.5, 0.6) is 5.75 Å². The molecule has 1 aromatic carbocycles. The van der Waals surface area contributed by atoms with Crippen molar-refractivity contribution in [1.29, 1.82) is 0 Å². The van der Waals surface area contributed by atoms with Crippen LogP contribution in [0.15, 0.2) is 29.6 Å². The van der Waals surface area contributed by atoms with Crippen molar-refractivity contribution in [2.75, 3.05) is 18.5 Å². The van der Waals surface area contributed by atoms with E-state index in [0.717, 1.165) is 22.9 Å². The zero-order chi connectivity index (χ0) is 16.7. The number of nitrogens with one attached hydrogen (secondary N) is 1. The van der Waals surface area contributed by atoms with Crippen LogP contribution in [-0.2, 0) is 6.42 Å². The molecule has 0 bridgehead atoms. The van der Waals surface area contributed by atoms with Gasteiger partial charge in [-0.2, -0.15) is 0 Å². The maximum atomic E-state index is 12.1. The van der Waals surface area contributed by atoms with Crippen molar-refractivity contribution in [2.45, 2.75) is 26.7 Å². The second-order valence-corrected chi connectivity index (χ2v) is 6.62. The molecule has 3 N–H and O–H groups in total. The summed E-state index contributed by atoms with van der Waals surface area (Å²) >= 11 is 1.45. The van der Waals surface area contributed by atoms with E-state index in [0.29, 0.717) is 31.2 Å². The number of carbonyl (C=O) groups is 1. The highest BCUT2D eigenvalue weighted by atomic mass is 32.1. The van der Waals surface area contributed by atoms with E-state index in [1.807, 2.05) is 24.3 Å². The van der Waals surface area contributed by atoms with E-state index in [4.69, 9.17) is 10.5 Å². The molecule has 0 unspecified atom stereocenters. The number of thiazole rings is 1. The van der Waals surface area contributed by atoms with Gasteiger partial charge in [0.1, 0.15) is 11.4 Å². The van der Waals surface area contributed by atoms with E-state index >= 15 is 0 Å². The van der Waals surface area contributed by atoms with Crippen LogP contribution >= 0.6 is 11.3 Å². The Balaban J connectivity index is 1.88. The minimum atomic E-state index is -0.210. The molecule has 5 nitrogen and oxygen atoms in total. The fraction of sp³-hybridized carbons (Fsp3) is 0.412. The molecule has 2 rings (SSSR count). The summed E-state index contributed by atoms with van der Waals surface area (Å²) < 4.78 is 5.66. The number of carbonyl (C=O) groups excluding carboxylic acids is 1. The van der Waals surface area contributed by atoms with Gasteiger partial charge in [-0.25, -0.2) is 4.98 Å². The fourth-order valence-corrected chi connectivity index (χ4v) is 2.69. The number of ether oxygens (including phenoxy) is 1. The number of rotatable bonds is 8. The summed E-state index contributed by atoms with van der Waals surface area (Å²) in [5.41, 5.74) is 6.64. The first-order chi connectivity index (χ1) is 11.1. The SMILES string of the molecule is CC(C)CCOc1ccc(NC(=O)c2csc(CCN)n2)cc1. The topological polar surface area (TPSA) is 77.2 Å². The number of benzene rings is 1.